The van der Waals surface area contributed by atoms with Crippen LogP contribution in [0.5, 0.6) is 0 Å². The number of rotatable bonds is 1. The van der Waals surface area contributed by atoms with Gasteiger partial charge in [-0.3, -0.25) is 4.98 Å². The van der Waals surface area contributed by atoms with Crippen LogP contribution in [0, 0.1) is 0 Å². The third-order valence-electron chi connectivity index (χ3n) is 1.94. The molecule has 1 heterocycles. The van der Waals surface area contributed by atoms with Crippen molar-refractivity contribution in [2.45, 2.75) is 4.90 Å². The molecule has 0 unspecified atom stereocenters. The number of hydrogen-bond acceptors (Lipinski definition) is 3. The zero-order valence-electron chi connectivity index (χ0n) is 7.31. The lowest BCUT2D eigenvalue weighted by Crippen LogP contribution is -1.93. The Balaban J connectivity index is 2.96. The monoisotopic (exact) mass is 261 g/mol. The van der Waals surface area contributed by atoms with E-state index < -0.39 is 9.05 Å². The van der Waals surface area contributed by atoms with Gasteiger partial charge in [-0.15, -0.1) is 0 Å². The Morgan fingerprint density at radius 1 is 1.20 bits per heavy atom. The summed E-state index contributed by atoms with van der Waals surface area (Å²) in [7, 11) is 1.52. The summed E-state index contributed by atoms with van der Waals surface area (Å²) in [5, 5.41) is 0.828. The summed E-state index contributed by atoms with van der Waals surface area (Å²) in [6.07, 6.45) is 1.54. The summed E-state index contributed by atoms with van der Waals surface area (Å²) in [5.74, 6) is 0. The molecule has 1 aromatic heterocycles. The SMILES string of the molecule is O=S(=O)(Cl)c1ccc(Cl)c2ncccc12. The van der Waals surface area contributed by atoms with Crippen molar-refractivity contribution >= 4 is 42.2 Å². The maximum Gasteiger partial charge on any atom is 0.261 e. The summed E-state index contributed by atoms with van der Waals surface area (Å²) in [6, 6.07) is 6.08. The molecule has 1 aromatic carbocycles. The lowest BCUT2D eigenvalue weighted by Gasteiger charge is -2.03. The molecule has 0 atom stereocenters. The van der Waals surface area contributed by atoms with Crippen LogP contribution in [0.3, 0.4) is 0 Å². The van der Waals surface area contributed by atoms with E-state index in [1.807, 2.05) is 0 Å². The van der Waals surface area contributed by atoms with Crippen LogP contribution in [0.1, 0.15) is 0 Å². The highest BCUT2D eigenvalue weighted by atomic mass is 35.7. The van der Waals surface area contributed by atoms with Gasteiger partial charge in [0.05, 0.1) is 15.4 Å². The van der Waals surface area contributed by atoms with Crippen molar-refractivity contribution in [2.24, 2.45) is 0 Å². The fraction of sp³-hybridized carbons (Fsp3) is 0. The number of hydrogen-bond donors (Lipinski definition) is 0. The summed E-state index contributed by atoms with van der Waals surface area (Å²) in [6.45, 7) is 0. The van der Waals surface area contributed by atoms with E-state index >= 15 is 0 Å². The van der Waals surface area contributed by atoms with Crippen LogP contribution in [0.15, 0.2) is 35.4 Å². The van der Waals surface area contributed by atoms with E-state index in [4.69, 9.17) is 22.3 Å². The second-order valence-electron chi connectivity index (χ2n) is 2.88. The molecule has 3 nitrogen and oxygen atoms in total. The molecule has 0 radical (unpaired) electrons. The summed E-state index contributed by atoms with van der Waals surface area (Å²) in [5.41, 5.74) is 0.431. The molecule has 0 aliphatic carbocycles. The van der Waals surface area contributed by atoms with Crippen molar-refractivity contribution in [2.75, 3.05) is 0 Å². The van der Waals surface area contributed by atoms with Crippen molar-refractivity contribution in [3.63, 3.8) is 0 Å². The number of halogens is 2. The van der Waals surface area contributed by atoms with E-state index in [9.17, 15) is 8.42 Å². The predicted octanol–water partition coefficient (Wildman–Crippen LogP) is 2.82. The van der Waals surface area contributed by atoms with Gasteiger partial charge in [-0.2, -0.15) is 0 Å². The predicted molar refractivity (Wildman–Crippen MR) is 59.8 cm³/mol. The Kier molecular flexibility index (Phi) is 2.58. The standard InChI is InChI=1S/C9H5Cl2NO2S/c10-7-3-4-8(15(11,13)14)6-2-1-5-12-9(6)7/h1-5H. The minimum absolute atomic E-state index is 0.0247. The van der Waals surface area contributed by atoms with Gasteiger partial charge in [-0.05, 0) is 24.3 Å². The van der Waals surface area contributed by atoms with Crippen LogP contribution in [0.4, 0.5) is 0 Å². The van der Waals surface area contributed by atoms with Gasteiger partial charge >= 0.3 is 0 Å². The van der Waals surface area contributed by atoms with Crippen LogP contribution in [-0.4, -0.2) is 13.4 Å². The average Bonchev–Trinajstić information content (AvgIpc) is 2.17. The Morgan fingerprint density at radius 2 is 1.93 bits per heavy atom. The number of benzene rings is 1. The maximum absolute atomic E-state index is 11.3. The highest BCUT2D eigenvalue weighted by molar-refractivity contribution is 8.14. The molecule has 0 saturated carbocycles. The Morgan fingerprint density at radius 3 is 2.60 bits per heavy atom. The highest BCUT2D eigenvalue weighted by Gasteiger charge is 2.15. The van der Waals surface area contributed by atoms with E-state index in [1.165, 1.54) is 12.1 Å². The highest BCUT2D eigenvalue weighted by Crippen LogP contribution is 2.29. The summed E-state index contributed by atoms with van der Waals surface area (Å²) in [4.78, 5) is 4.02. The minimum Gasteiger partial charge on any atom is -0.255 e. The molecular formula is C9H5Cl2NO2S. The molecule has 0 bridgehead atoms. The van der Waals surface area contributed by atoms with Gasteiger partial charge in [0.2, 0.25) is 0 Å². The van der Waals surface area contributed by atoms with Gasteiger partial charge in [-0.1, -0.05) is 11.6 Å². The molecule has 0 spiro atoms. The van der Waals surface area contributed by atoms with Crippen LogP contribution in [-0.2, 0) is 9.05 Å². The zero-order chi connectivity index (χ0) is 11.1. The normalized spacial score (nSPS) is 11.9. The lowest BCUT2D eigenvalue weighted by molar-refractivity contribution is 0.610. The molecular weight excluding hydrogens is 257 g/mol. The Labute approximate surface area is 96.1 Å². The van der Waals surface area contributed by atoms with Crippen LogP contribution in [0.25, 0.3) is 10.9 Å². The fourth-order valence-corrected chi connectivity index (χ4v) is 2.60. The maximum atomic E-state index is 11.3. The zero-order valence-corrected chi connectivity index (χ0v) is 9.64. The largest absolute Gasteiger partial charge is 0.261 e. The van der Waals surface area contributed by atoms with E-state index in [1.54, 1.807) is 18.3 Å². The number of nitrogens with zero attached hydrogens (tertiary/aromatic N) is 1. The van der Waals surface area contributed by atoms with E-state index in [0.717, 1.165) is 0 Å². The van der Waals surface area contributed by atoms with Gasteiger partial charge in [-0.25, -0.2) is 8.42 Å². The first-order valence-corrected chi connectivity index (χ1v) is 6.67. The van der Waals surface area contributed by atoms with Crippen molar-refractivity contribution < 1.29 is 8.42 Å². The van der Waals surface area contributed by atoms with Crippen LogP contribution >= 0.6 is 22.3 Å². The third-order valence-corrected chi connectivity index (χ3v) is 3.63. The Bertz CT molecular complexity index is 625. The molecule has 0 aliphatic rings. The lowest BCUT2D eigenvalue weighted by atomic mass is 10.2. The molecule has 0 saturated heterocycles. The van der Waals surface area contributed by atoms with Crippen LogP contribution in [0.2, 0.25) is 5.02 Å². The summed E-state index contributed by atoms with van der Waals surface area (Å²) >= 11 is 5.88. The van der Waals surface area contributed by atoms with Crippen molar-refractivity contribution in [3.05, 3.63) is 35.5 Å². The molecule has 0 N–H and O–H groups in total. The second-order valence-corrected chi connectivity index (χ2v) is 5.82. The van der Waals surface area contributed by atoms with Gasteiger partial charge in [0, 0.05) is 22.3 Å². The molecule has 0 amide bonds. The first-order chi connectivity index (χ1) is 7.00. The number of pyridine rings is 1. The van der Waals surface area contributed by atoms with Crippen LogP contribution < -0.4 is 0 Å². The van der Waals surface area contributed by atoms with Gasteiger partial charge in [0.25, 0.3) is 9.05 Å². The van der Waals surface area contributed by atoms with Crippen molar-refractivity contribution in [1.82, 2.24) is 4.98 Å². The molecule has 2 rings (SSSR count). The number of fused-ring (bicyclic) bond motifs is 1. The first kappa shape index (κ1) is 10.7. The second kappa shape index (κ2) is 3.63. The smallest absolute Gasteiger partial charge is 0.255 e. The van der Waals surface area contributed by atoms with Gasteiger partial charge in [0.15, 0.2) is 0 Å². The molecule has 78 valence electrons. The van der Waals surface area contributed by atoms with E-state index in [0.29, 0.717) is 15.9 Å². The third kappa shape index (κ3) is 1.93. The molecule has 2 aromatic rings. The quantitative estimate of drug-likeness (QED) is 0.742. The molecule has 6 heteroatoms. The molecule has 0 fully saturated rings. The molecule has 0 aliphatic heterocycles. The van der Waals surface area contributed by atoms with Gasteiger partial charge in [0.1, 0.15) is 0 Å². The Hall–Kier alpha value is -0.840. The van der Waals surface area contributed by atoms with E-state index in [-0.39, 0.29) is 4.90 Å². The average molecular weight is 262 g/mol. The number of aromatic nitrogens is 1. The fourth-order valence-electron chi connectivity index (χ4n) is 1.32. The molecule has 15 heavy (non-hydrogen) atoms. The van der Waals surface area contributed by atoms with Gasteiger partial charge < -0.3 is 0 Å². The minimum atomic E-state index is -3.77. The summed E-state index contributed by atoms with van der Waals surface area (Å²) < 4.78 is 22.5. The van der Waals surface area contributed by atoms with Crippen molar-refractivity contribution in [1.29, 1.82) is 0 Å². The first-order valence-electron chi connectivity index (χ1n) is 3.98. The van der Waals surface area contributed by atoms with Crippen molar-refractivity contribution in [3.8, 4) is 0 Å². The topological polar surface area (TPSA) is 47.0 Å². The van der Waals surface area contributed by atoms with E-state index in [2.05, 4.69) is 4.98 Å².